The van der Waals surface area contributed by atoms with Crippen LogP contribution in [-0.2, 0) is 0 Å². The van der Waals surface area contributed by atoms with E-state index < -0.39 is 0 Å². The Balaban J connectivity index is 1.85. The molecule has 0 saturated heterocycles. The van der Waals surface area contributed by atoms with Crippen LogP contribution in [0.5, 0.6) is 0 Å². The fraction of sp³-hybridized carbons (Fsp3) is 0.0952. The standard InChI is InChI=1S/C21H16BrClFNO/c22-16-8-4-15(5-9-16)21(26)13-20(14-6-10-18(24)11-7-14)25-19-3-1-2-17(23)12-19/h1-12,20,25H,13H2/t20-/m1/s1. The fourth-order valence-electron chi connectivity index (χ4n) is 2.67. The summed E-state index contributed by atoms with van der Waals surface area (Å²) in [5.74, 6) is -0.309. The van der Waals surface area contributed by atoms with E-state index in [0.717, 1.165) is 15.7 Å². The Kier molecular flexibility index (Phi) is 6.07. The lowest BCUT2D eigenvalue weighted by Crippen LogP contribution is -2.16. The number of Topliss-reactive ketones (excluding diaryl/α,β-unsaturated/α-hetero) is 1. The van der Waals surface area contributed by atoms with E-state index in [1.54, 1.807) is 36.4 Å². The number of nitrogens with one attached hydrogen (secondary N) is 1. The van der Waals surface area contributed by atoms with Gasteiger partial charge in [-0.05, 0) is 48.0 Å². The van der Waals surface area contributed by atoms with Crippen LogP contribution >= 0.6 is 27.5 Å². The van der Waals surface area contributed by atoms with Gasteiger partial charge in [-0.3, -0.25) is 4.79 Å². The molecular formula is C21H16BrClFNO. The summed E-state index contributed by atoms with van der Waals surface area (Å²) in [6.07, 6.45) is 0.236. The van der Waals surface area contributed by atoms with Gasteiger partial charge in [-0.2, -0.15) is 0 Å². The molecule has 0 aliphatic carbocycles. The number of carbonyl (C=O) groups excluding carboxylic acids is 1. The van der Waals surface area contributed by atoms with Crippen molar-refractivity contribution in [1.82, 2.24) is 0 Å². The number of rotatable bonds is 6. The molecule has 1 atom stereocenters. The van der Waals surface area contributed by atoms with Crippen molar-refractivity contribution in [3.63, 3.8) is 0 Å². The molecule has 0 aliphatic heterocycles. The number of ketones is 1. The molecule has 0 unspecified atom stereocenters. The van der Waals surface area contributed by atoms with Crippen molar-refractivity contribution in [2.75, 3.05) is 5.32 Å². The third-order valence-electron chi connectivity index (χ3n) is 3.99. The summed E-state index contributed by atoms with van der Waals surface area (Å²) >= 11 is 9.42. The van der Waals surface area contributed by atoms with Gasteiger partial charge < -0.3 is 5.32 Å². The van der Waals surface area contributed by atoms with Crippen LogP contribution in [0.3, 0.4) is 0 Å². The molecule has 1 N–H and O–H groups in total. The van der Waals surface area contributed by atoms with Gasteiger partial charge in [-0.25, -0.2) is 4.39 Å². The Morgan fingerprint density at radius 2 is 1.73 bits per heavy atom. The zero-order chi connectivity index (χ0) is 18.5. The Hall–Kier alpha value is -2.17. The average molecular weight is 433 g/mol. The number of benzene rings is 3. The van der Waals surface area contributed by atoms with E-state index in [0.29, 0.717) is 10.6 Å². The molecule has 0 heterocycles. The van der Waals surface area contributed by atoms with Crippen molar-refractivity contribution < 1.29 is 9.18 Å². The van der Waals surface area contributed by atoms with Gasteiger partial charge >= 0.3 is 0 Å². The van der Waals surface area contributed by atoms with Gasteiger partial charge in [-0.1, -0.05) is 57.9 Å². The number of halogens is 3. The van der Waals surface area contributed by atoms with Crippen LogP contribution in [0.2, 0.25) is 5.02 Å². The highest BCUT2D eigenvalue weighted by atomic mass is 79.9. The lowest BCUT2D eigenvalue weighted by atomic mass is 9.97. The molecule has 26 heavy (non-hydrogen) atoms. The Labute approximate surface area is 165 Å². The predicted molar refractivity (Wildman–Crippen MR) is 107 cm³/mol. The highest BCUT2D eigenvalue weighted by Gasteiger charge is 2.18. The lowest BCUT2D eigenvalue weighted by molar-refractivity contribution is 0.0976. The van der Waals surface area contributed by atoms with Crippen LogP contribution < -0.4 is 5.32 Å². The smallest absolute Gasteiger partial charge is 0.165 e. The van der Waals surface area contributed by atoms with E-state index in [4.69, 9.17) is 11.6 Å². The van der Waals surface area contributed by atoms with Crippen LogP contribution in [0.4, 0.5) is 10.1 Å². The van der Waals surface area contributed by atoms with E-state index in [-0.39, 0.29) is 24.1 Å². The molecule has 3 rings (SSSR count). The molecule has 3 aromatic carbocycles. The van der Waals surface area contributed by atoms with E-state index in [2.05, 4.69) is 21.2 Å². The number of carbonyl (C=O) groups is 1. The highest BCUT2D eigenvalue weighted by Crippen LogP contribution is 2.26. The van der Waals surface area contributed by atoms with Gasteiger partial charge in [0.05, 0.1) is 6.04 Å². The van der Waals surface area contributed by atoms with Gasteiger partial charge in [-0.15, -0.1) is 0 Å². The molecular weight excluding hydrogens is 417 g/mol. The maximum Gasteiger partial charge on any atom is 0.165 e. The van der Waals surface area contributed by atoms with E-state index in [9.17, 15) is 9.18 Å². The summed E-state index contributed by atoms with van der Waals surface area (Å²) in [6, 6.07) is 20.4. The molecule has 0 bridgehead atoms. The first-order valence-corrected chi connectivity index (χ1v) is 9.25. The Bertz CT molecular complexity index is 897. The van der Waals surface area contributed by atoms with Crippen molar-refractivity contribution in [2.45, 2.75) is 12.5 Å². The summed E-state index contributed by atoms with van der Waals surface area (Å²) < 4.78 is 14.2. The number of hydrogen-bond acceptors (Lipinski definition) is 2. The third-order valence-corrected chi connectivity index (χ3v) is 4.76. The summed E-state index contributed by atoms with van der Waals surface area (Å²) in [4.78, 5) is 12.7. The summed E-state index contributed by atoms with van der Waals surface area (Å²) in [6.45, 7) is 0. The molecule has 0 radical (unpaired) electrons. The molecule has 0 spiro atoms. The van der Waals surface area contributed by atoms with Gasteiger partial charge in [0, 0.05) is 27.2 Å². The van der Waals surface area contributed by atoms with E-state index in [1.165, 1.54) is 12.1 Å². The second-order valence-corrected chi connectivity index (χ2v) is 7.25. The maximum atomic E-state index is 13.3. The summed E-state index contributed by atoms with van der Waals surface area (Å²) in [5.41, 5.74) is 2.26. The molecule has 0 fully saturated rings. The summed E-state index contributed by atoms with van der Waals surface area (Å²) in [7, 11) is 0. The van der Waals surface area contributed by atoms with Gasteiger partial charge in [0.25, 0.3) is 0 Å². The molecule has 0 aliphatic rings. The first-order chi connectivity index (χ1) is 12.5. The highest BCUT2D eigenvalue weighted by molar-refractivity contribution is 9.10. The second-order valence-electron chi connectivity index (χ2n) is 5.89. The second kappa shape index (κ2) is 8.47. The number of anilines is 1. The molecule has 2 nitrogen and oxygen atoms in total. The molecule has 3 aromatic rings. The minimum atomic E-state index is -0.311. The average Bonchev–Trinajstić information content (AvgIpc) is 2.62. The largest absolute Gasteiger partial charge is 0.378 e. The first-order valence-electron chi connectivity index (χ1n) is 8.07. The van der Waals surface area contributed by atoms with Crippen molar-refractivity contribution in [3.8, 4) is 0 Å². The zero-order valence-corrected chi connectivity index (χ0v) is 16.1. The van der Waals surface area contributed by atoms with Crippen LogP contribution in [-0.4, -0.2) is 5.78 Å². The minimum absolute atomic E-state index is 0.00125. The van der Waals surface area contributed by atoms with Crippen LogP contribution in [0.25, 0.3) is 0 Å². The van der Waals surface area contributed by atoms with Crippen LogP contribution in [0.15, 0.2) is 77.3 Å². The summed E-state index contributed by atoms with van der Waals surface area (Å²) in [5, 5.41) is 3.93. The van der Waals surface area contributed by atoms with Gasteiger partial charge in [0.15, 0.2) is 5.78 Å². The topological polar surface area (TPSA) is 29.1 Å². The maximum absolute atomic E-state index is 13.3. The molecule has 0 saturated carbocycles. The lowest BCUT2D eigenvalue weighted by Gasteiger charge is -2.20. The molecule has 0 amide bonds. The van der Waals surface area contributed by atoms with Crippen molar-refractivity contribution in [3.05, 3.63) is 99.2 Å². The molecule has 5 heteroatoms. The molecule has 0 aromatic heterocycles. The van der Waals surface area contributed by atoms with Crippen LogP contribution in [0, 0.1) is 5.82 Å². The third kappa shape index (κ3) is 4.93. The fourth-order valence-corrected chi connectivity index (χ4v) is 3.12. The minimum Gasteiger partial charge on any atom is -0.378 e. The Morgan fingerprint density at radius 1 is 1.04 bits per heavy atom. The van der Waals surface area contributed by atoms with Gasteiger partial charge in [0.2, 0.25) is 0 Å². The normalized spacial score (nSPS) is 11.8. The Morgan fingerprint density at radius 3 is 2.38 bits per heavy atom. The predicted octanol–water partition coefficient (Wildman–Crippen LogP) is 6.67. The van der Waals surface area contributed by atoms with Crippen LogP contribution in [0.1, 0.15) is 28.4 Å². The quantitative estimate of drug-likeness (QED) is 0.441. The van der Waals surface area contributed by atoms with Gasteiger partial charge in [0.1, 0.15) is 5.82 Å². The first kappa shape index (κ1) is 18.6. The van der Waals surface area contributed by atoms with Crippen molar-refractivity contribution in [1.29, 1.82) is 0 Å². The monoisotopic (exact) mass is 431 g/mol. The van der Waals surface area contributed by atoms with Crippen molar-refractivity contribution in [2.24, 2.45) is 0 Å². The van der Waals surface area contributed by atoms with Crippen molar-refractivity contribution >= 4 is 39.0 Å². The number of hydrogen-bond donors (Lipinski definition) is 1. The molecule has 132 valence electrons. The SMILES string of the molecule is O=C(C[C@@H](Nc1cccc(Cl)c1)c1ccc(F)cc1)c1ccc(Br)cc1. The van der Waals surface area contributed by atoms with E-state index in [1.807, 2.05) is 24.3 Å². The zero-order valence-electron chi connectivity index (χ0n) is 13.8. The van der Waals surface area contributed by atoms with E-state index >= 15 is 0 Å².